The third kappa shape index (κ3) is 9.76. The van der Waals surface area contributed by atoms with Gasteiger partial charge < -0.3 is 0 Å². The third-order valence-electron chi connectivity index (χ3n) is 11.3. The Morgan fingerprint density at radius 3 is 1.09 bits per heavy atom. The van der Waals surface area contributed by atoms with Crippen LogP contribution in [0.25, 0.3) is 66.8 Å². The largest absolute Gasteiger partial charge is 0.289 e. The molecule has 0 bridgehead atoms. The molecule has 0 saturated carbocycles. The highest BCUT2D eigenvalue weighted by molar-refractivity contribution is 6.11. The van der Waals surface area contributed by atoms with Crippen molar-refractivity contribution in [2.24, 2.45) is 0 Å². The summed E-state index contributed by atoms with van der Waals surface area (Å²) in [4.78, 5) is 24.7. The normalized spacial score (nSPS) is 12.2. The van der Waals surface area contributed by atoms with Crippen molar-refractivity contribution < 1.29 is 4.79 Å². The van der Waals surface area contributed by atoms with Gasteiger partial charge in [-0.1, -0.05) is 159 Å². The van der Waals surface area contributed by atoms with Crippen molar-refractivity contribution in [3.05, 3.63) is 278 Å². The van der Waals surface area contributed by atoms with E-state index in [1.54, 1.807) is 0 Å². The summed E-state index contributed by atoms with van der Waals surface area (Å²) in [6.07, 6.45) is 19.6. The second kappa shape index (κ2) is 20.1. The maximum absolute atomic E-state index is 15.4. The summed E-state index contributed by atoms with van der Waals surface area (Å²) in [6, 6.07) is 57.4. The quantitative estimate of drug-likeness (QED) is 0.0810. The third-order valence-corrected chi connectivity index (χ3v) is 11.3. The van der Waals surface area contributed by atoms with E-state index in [-0.39, 0.29) is 5.78 Å². The van der Waals surface area contributed by atoms with Crippen LogP contribution in [0.4, 0.5) is 0 Å². The summed E-state index contributed by atoms with van der Waals surface area (Å²) >= 11 is 0. The minimum Gasteiger partial charge on any atom is -0.289 e. The molecule has 8 rings (SSSR count). The number of hydrogen-bond acceptors (Lipinski definition) is 3. The van der Waals surface area contributed by atoms with Crippen LogP contribution < -0.4 is 0 Å². The molecule has 0 aliphatic rings. The zero-order chi connectivity index (χ0) is 44.3. The van der Waals surface area contributed by atoms with Gasteiger partial charge in [-0.2, -0.15) is 0 Å². The predicted octanol–water partition coefficient (Wildman–Crippen LogP) is 15.7. The summed E-state index contributed by atoms with van der Waals surface area (Å²) in [7, 11) is 0. The van der Waals surface area contributed by atoms with Crippen LogP contribution in [0, 0.1) is 0 Å². The van der Waals surface area contributed by atoms with Crippen LogP contribution in [0.5, 0.6) is 0 Å². The minimum atomic E-state index is -0.116. The van der Waals surface area contributed by atoms with Gasteiger partial charge in [0.2, 0.25) is 0 Å². The Kier molecular flexibility index (Phi) is 13.3. The van der Waals surface area contributed by atoms with Crippen LogP contribution in [0.1, 0.15) is 52.0 Å². The molecule has 0 atom stereocenters. The first kappa shape index (κ1) is 42.4. The molecule has 0 spiro atoms. The molecular formula is C61H48N2O. The number of rotatable bonds is 14. The van der Waals surface area contributed by atoms with E-state index in [4.69, 9.17) is 0 Å². The first-order chi connectivity index (χ1) is 31.4. The number of nitrogens with zero attached hydrogens (tertiary/aromatic N) is 2. The number of pyridine rings is 2. The molecule has 64 heavy (non-hydrogen) atoms. The monoisotopic (exact) mass is 824 g/mol. The zero-order valence-corrected chi connectivity index (χ0v) is 36.2. The molecule has 6 aromatic carbocycles. The standard InChI is InChI=1S/C61H48N2O/c1-5-43(47-21-13-9-14-22-47)29-45(7-3)51-31-53(59-37-57(39-62-41-59)49-25-17-11-18-26-49)35-55(33-51)61(64)56-34-52(46(8-4)30-44(6-2)48-23-15-10-16-24-48)32-54(36-56)60-38-58(40-63-42-60)50-27-19-12-20-28-50/h5-42H,1,4H2,2-3H3/b43-29+,44-6+,45-7+,46-30+. The summed E-state index contributed by atoms with van der Waals surface area (Å²) in [6.45, 7) is 12.5. The highest BCUT2D eigenvalue weighted by Gasteiger charge is 2.18. The zero-order valence-electron chi connectivity index (χ0n) is 36.2. The first-order valence-electron chi connectivity index (χ1n) is 21.4. The maximum Gasteiger partial charge on any atom is 0.193 e. The van der Waals surface area contributed by atoms with Crippen LogP contribution in [-0.4, -0.2) is 15.8 Å². The van der Waals surface area contributed by atoms with Gasteiger partial charge in [-0.3, -0.25) is 14.8 Å². The maximum atomic E-state index is 15.4. The predicted molar refractivity (Wildman–Crippen MR) is 270 cm³/mol. The van der Waals surface area contributed by atoms with E-state index in [0.717, 1.165) is 89.1 Å². The molecule has 3 heteroatoms. The van der Waals surface area contributed by atoms with Gasteiger partial charge in [0.15, 0.2) is 5.78 Å². The van der Waals surface area contributed by atoms with Crippen LogP contribution in [0.2, 0.25) is 0 Å². The van der Waals surface area contributed by atoms with E-state index in [1.807, 2.05) is 148 Å². The van der Waals surface area contributed by atoms with Gasteiger partial charge in [0.1, 0.15) is 0 Å². The molecule has 0 amide bonds. The molecule has 0 aliphatic carbocycles. The number of carbonyl (C=O) groups excluding carboxylic acids is 1. The lowest BCUT2D eigenvalue weighted by Crippen LogP contribution is -2.05. The van der Waals surface area contributed by atoms with Crippen molar-refractivity contribution in [3.63, 3.8) is 0 Å². The fourth-order valence-corrected chi connectivity index (χ4v) is 7.91. The van der Waals surface area contributed by atoms with E-state index in [1.165, 1.54) is 0 Å². The van der Waals surface area contributed by atoms with Crippen molar-refractivity contribution in [1.82, 2.24) is 9.97 Å². The Hall–Kier alpha value is -8.27. The molecule has 0 N–H and O–H groups in total. The number of ketones is 1. The van der Waals surface area contributed by atoms with E-state index >= 15 is 4.79 Å². The molecule has 308 valence electrons. The molecule has 2 heterocycles. The number of benzene rings is 6. The highest BCUT2D eigenvalue weighted by Crippen LogP contribution is 2.35. The SMILES string of the molecule is C=C/C(=C\C(=C/C)c1cc(C(=O)c2cc(/C(C=C)=C/C(=C\C)c3ccccc3)cc(-c3cncc(-c4ccccc4)c3)c2)cc(-c2cncc(-c3ccccc3)c2)c1)c1ccccc1. The molecular weight excluding hydrogens is 777 g/mol. The van der Waals surface area contributed by atoms with Crippen LogP contribution in [0.15, 0.2) is 244 Å². The average Bonchev–Trinajstić information content (AvgIpc) is 3.37. The van der Waals surface area contributed by atoms with Crippen LogP contribution in [0.3, 0.4) is 0 Å². The Balaban J connectivity index is 1.31. The Bertz CT molecular complexity index is 3080. The summed E-state index contributed by atoms with van der Waals surface area (Å²) in [5.41, 5.74) is 16.5. The topological polar surface area (TPSA) is 42.9 Å². The van der Waals surface area contributed by atoms with Crippen molar-refractivity contribution in [2.75, 3.05) is 0 Å². The van der Waals surface area contributed by atoms with E-state index in [0.29, 0.717) is 11.1 Å². The summed E-state index contributed by atoms with van der Waals surface area (Å²) in [5.74, 6) is -0.116. The fraction of sp³-hybridized carbons (Fsp3) is 0.0328. The molecule has 2 aromatic heterocycles. The Morgan fingerprint density at radius 1 is 0.359 bits per heavy atom. The lowest BCUT2D eigenvalue weighted by atomic mass is 9.89. The second-order valence-electron chi connectivity index (χ2n) is 15.4. The summed E-state index contributed by atoms with van der Waals surface area (Å²) < 4.78 is 0. The lowest BCUT2D eigenvalue weighted by molar-refractivity contribution is 0.103. The summed E-state index contributed by atoms with van der Waals surface area (Å²) in [5, 5.41) is 0. The average molecular weight is 825 g/mol. The molecule has 0 saturated heterocycles. The van der Waals surface area contributed by atoms with Crippen molar-refractivity contribution in [2.45, 2.75) is 13.8 Å². The van der Waals surface area contributed by atoms with Crippen molar-refractivity contribution in [3.8, 4) is 44.5 Å². The number of carbonyl (C=O) groups is 1. The van der Waals surface area contributed by atoms with Gasteiger partial charge in [0, 0.05) is 58.2 Å². The molecule has 0 fully saturated rings. The minimum absolute atomic E-state index is 0.116. The number of allylic oxidation sites excluding steroid dienone is 10. The Morgan fingerprint density at radius 2 is 0.688 bits per heavy atom. The van der Waals surface area contributed by atoms with Crippen molar-refractivity contribution >= 4 is 28.1 Å². The molecule has 3 nitrogen and oxygen atoms in total. The Labute approximate surface area is 377 Å². The van der Waals surface area contributed by atoms with Gasteiger partial charge >= 0.3 is 0 Å². The van der Waals surface area contributed by atoms with Gasteiger partial charge in [-0.15, -0.1) is 0 Å². The highest BCUT2D eigenvalue weighted by atomic mass is 16.1. The molecule has 0 unspecified atom stereocenters. The van der Waals surface area contributed by atoms with Crippen LogP contribution >= 0.6 is 0 Å². The number of aromatic nitrogens is 2. The molecule has 0 radical (unpaired) electrons. The van der Waals surface area contributed by atoms with E-state index in [9.17, 15) is 0 Å². The van der Waals surface area contributed by atoms with Gasteiger partial charge in [-0.05, 0) is 141 Å². The first-order valence-corrected chi connectivity index (χ1v) is 21.4. The van der Waals surface area contributed by atoms with Crippen LogP contribution in [-0.2, 0) is 0 Å². The van der Waals surface area contributed by atoms with E-state index in [2.05, 4.69) is 120 Å². The van der Waals surface area contributed by atoms with Gasteiger partial charge in [-0.25, -0.2) is 0 Å². The second-order valence-corrected chi connectivity index (χ2v) is 15.4. The smallest absolute Gasteiger partial charge is 0.193 e. The van der Waals surface area contributed by atoms with E-state index < -0.39 is 0 Å². The lowest BCUT2D eigenvalue weighted by Gasteiger charge is -2.15. The number of hydrogen-bond donors (Lipinski definition) is 0. The molecule has 8 aromatic rings. The van der Waals surface area contributed by atoms with Gasteiger partial charge in [0.05, 0.1) is 0 Å². The molecule has 0 aliphatic heterocycles. The van der Waals surface area contributed by atoms with Gasteiger partial charge in [0.25, 0.3) is 0 Å². The fourth-order valence-electron chi connectivity index (χ4n) is 7.91. The van der Waals surface area contributed by atoms with Crippen molar-refractivity contribution in [1.29, 1.82) is 0 Å².